The fourth-order valence-corrected chi connectivity index (χ4v) is 0.851. The Labute approximate surface area is 87.9 Å². The van der Waals surface area contributed by atoms with Crippen LogP contribution in [0.25, 0.3) is 0 Å². The third-order valence-electron chi connectivity index (χ3n) is 1.68. The Kier molecular flexibility index (Phi) is 6.05. The van der Waals surface area contributed by atoms with Gasteiger partial charge in [0.05, 0.1) is 0 Å². The standard InChI is InChI=1S/C10H14O5/c1-4-8(14-9(11)5-2)6-7(3)10(12)15-13/h5-6,8,13H,2,4H2,1,3H3. The van der Waals surface area contributed by atoms with Gasteiger partial charge in [0, 0.05) is 11.6 Å². The van der Waals surface area contributed by atoms with Crippen LogP contribution in [0.1, 0.15) is 20.3 Å². The number of rotatable bonds is 5. The van der Waals surface area contributed by atoms with Crippen LogP contribution in [0.4, 0.5) is 0 Å². The first-order chi connectivity index (χ1) is 7.04. The molecule has 0 aromatic heterocycles. The molecule has 0 aromatic carbocycles. The molecule has 0 spiro atoms. The van der Waals surface area contributed by atoms with Crippen LogP contribution >= 0.6 is 0 Å². The van der Waals surface area contributed by atoms with Crippen LogP contribution in [0.2, 0.25) is 0 Å². The first-order valence-corrected chi connectivity index (χ1v) is 4.42. The van der Waals surface area contributed by atoms with E-state index in [0.717, 1.165) is 6.08 Å². The fourth-order valence-electron chi connectivity index (χ4n) is 0.851. The van der Waals surface area contributed by atoms with Crippen molar-refractivity contribution in [2.45, 2.75) is 26.4 Å². The van der Waals surface area contributed by atoms with Crippen LogP contribution < -0.4 is 0 Å². The molecule has 15 heavy (non-hydrogen) atoms. The zero-order valence-electron chi connectivity index (χ0n) is 8.73. The summed E-state index contributed by atoms with van der Waals surface area (Å²) >= 11 is 0. The van der Waals surface area contributed by atoms with Gasteiger partial charge in [0.2, 0.25) is 0 Å². The van der Waals surface area contributed by atoms with Crippen molar-refractivity contribution in [2.24, 2.45) is 0 Å². The Morgan fingerprint density at radius 2 is 2.13 bits per heavy atom. The Bertz CT molecular complexity index is 280. The van der Waals surface area contributed by atoms with Gasteiger partial charge in [-0.1, -0.05) is 13.5 Å². The van der Waals surface area contributed by atoms with Crippen LogP contribution in [-0.2, 0) is 19.2 Å². The summed E-state index contributed by atoms with van der Waals surface area (Å²) < 4.78 is 4.89. The minimum Gasteiger partial charge on any atom is -0.455 e. The molecule has 1 unspecified atom stereocenters. The van der Waals surface area contributed by atoms with Gasteiger partial charge in [-0.3, -0.25) is 4.89 Å². The first kappa shape index (κ1) is 13.4. The average molecular weight is 214 g/mol. The molecule has 0 radical (unpaired) electrons. The Balaban J connectivity index is 4.49. The van der Waals surface area contributed by atoms with Gasteiger partial charge in [-0.15, -0.1) is 0 Å². The number of carbonyl (C=O) groups excluding carboxylic acids is 2. The Morgan fingerprint density at radius 1 is 1.53 bits per heavy atom. The molecule has 0 rings (SSSR count). The minimum atomic E-state index is -0.872. The third-order valence-corrected chi connectivity index (χ3v) is 1.68. The summed E-state index contributed by atoms with van der Waals surface area (Å²) in [5.41, 5.74) is 0.168. The molecule has 0 saturated heterocycles. The van der Waals surface area contributed by atoms with Gasteiger partial charge in [-0.05, 0) is 19.4 Å². The highest BCUT2D eigenvalue weighted by atomic mass is 17.1. The molecule has 5 nitrogen and oxygen atoms in total. The van der Waals surface area contributed by atoms with Crippen molar-refractivity contribution in [1.82, 2.24) is 0 Å². The van der Waals surface area contributed by atoms with Crippen LogP contribution in [0.15, 0.2) is 24.3 Å². The van der Waals surface area contributed by atoms with Crippen LogP contribution in [0, 0.1) is 0 Å². The second-order valence-electron chi connectivity index (χ2n) is 2.82. The average Bonchev–Trinajstić information content (AvgIpc) is 2.26. The van der Waals surface area contributed by atoms with Gasteiger partial charge in [-0.2, -0.15) is 5.26 Å². The molecule has 0 saturated carbocycles. The van der Waals surface area contributed by atoms with Gasteiger partial charge in [-0.25, -0.2) is 9.59 Å². The zero-order valence-corrected chi connectivity index (χ0v) is 8.73. The number of ether oxygens (including phenoxy) is 1. The number of hydrogen-bond donors (Lipinski definition) is 1. The summed E-state index contributed by atoms with van der Waals surface area (Å²) in [5, 5.41) is 8.10. The normalized spacial score (nSPS) is 12.9. The molecule has 0 aliphatic carbocycles. The Hall–Kier alpha value is -1.62. The van der Waals surface area contributed by atoms with Crippen molar-refractivity contribution in [3.8, 4) is 0 Å². The third kappa shape index (κ3) is 4.97. The van der Waals surface area contributed by atoms with Gasteiger partial charge in [0.15, 0.2) is 0 Å². The number of esters is 1. The van der Waals surface area contributed by atoms with E-state index in [4.69, 9.17) is 9.99 Å². The highest BCUT2D eigenvalue weighted by Gasteiger charge is 2.11. The van der Waals surface area contributed by atoms with Crippen LogP contribution in [0.3, 0.4) is 0 Å². The maximum absolute atomic E-state index is 10.9. The topological polar surface area (TPSA) is 72.8 Å². The lowest BCUT2D eigenvalue weighted by atomic mass is 10.2. The predicted octanol–water partition coefficient (Wildman–Crippen LogP) is 1.46. The number of hydrogen-bond acceptors (Lipinski definition) is 5. The SMILES string of the molecule is C=CC(=O)OC(C=C(C)C(=O)OO)CC. The second kappa shape index (κ2) is 6.78. The van der Waals surface area contributed by atoms with Crippen molar-refractivity contribution < 1.29 is 24.5 Å². The van der Waals surface area contributed by atoms with E-state index in [2.05, 4.69) is 11.5 Å². The van der Waals surface area contributed by atoms with Gasteiger partial charge in [0.25, 0.3) is 0 Å². The van der Waals surface area contributed by atoms with E-state index >= 15 is 0 Å². The predicted molar refractivity (Wildman–Crippen MR) is 52.8 cm³/mol. The summed E-state index contributed by atoms with van der Waals surface area (Å²) in [4.78, 5) is 25.2. The smallest absolute Gasteiger partial charge is 0.368 e. The van der Waals surface area contributed by atoms with Crippen molar-refractivity contribution >= 4 is 11.9 Å². The molecule has 0 amide bonds. The fraction of sp³-hybridized carbons (Fsp3) is 0.400. The molecule has 0 aromatic rings. The molecule has 5 heteroatoms. The van der Waals surface area contributed by atoms with E-state index in [1.54, 1.807) is 6.92 Å². The van der Waals surface area contributed by atoms with E-state index in [0.29, 0.717) is 6.42 Å². The lowest BCUT2D eigenvalue weighted by Gasteiger charge is -2.11. The van der Waals surface area contributed by atoms with Crippen molar-refractivity contribution in [3.05, 3.63) is 24.3 Å². The molecule has 0 fully saturated rings. The molecule has 84 valence electrons. The van der Waals surface area contributed by atoms with Crippen LogP contribution in [0.5, 0.6) is 0 Å². The van der Waals surface area contributed by atoms with E-state index in [-0.39, 0.29) is 5.57 Å². The molecule has 0 aliphatic heterocycles. The molecule has 0 heterocycles. The van der Waals surface area contributed by atoms with Gasteiger partial charge >= 0.3 is 11.9 Å². The molecular formula is C10H14O5. The summed E-state index contributed by atoms with van der Waals surface area (Å²) in [6.07, 6.45) is 2.42. The Morgan fingerprint density at radius 3 is 2.53 bits per heavy atom. The van der Waals surface area contributed by atoms with Crippen molar-refractivity contribution in [2.75, 3.05) is 0 Å². The molecule has 1 atom stereocenters. The van der Waals surface area contributed by atoms with E-state index in [1.807, 2.05) is 0 Å². The lowest BCUT2D eigenvalue weighted by molar-refractivity contribution is -0.229. The van der Waals surface area contributed by atoms with Crippen molar-refractivity contribution in [3.63, 3.8) is 0 Å². The number of carbonyl (C=O) groups is 2. The summed E-state index contributed by atoms with van der Waals surface area (Å²) in [5.74, 6) is -1.44. The quantitative estimate of drug-likeness (QED) is 0.324. The maximum atomic E-state index is 10.9. The maximum Gasteiger partial charge on any atom is 0.368 e. The minimum absolute atomic E-state index is 0.168. The lowest BCUT2D eigenvalue weighted by Crippen LogP contribution is -2.15. The van der Waals surface area contributed by atoms with E-state index < -0.39 is 18.0 Å². The monoisotopic (exact) mass is 214 g/mol. The summed E-state index contributed by atoms with van der Waals surface area (Å²) in [6, 6.07) is 0. The molecule has 0 bridgehead atoms. The summed E-state index contributed by atoms with van der Waals surface area (Å²) in [6.45, 7) is 6.49. The second-order valence-corrected chi connectivity index (χ2v) is 2.82. The molecule has 0 aliphatic rings. The van der Waals surface area contributed by atoms with Crippen LogP contribution in [-0.4, -0.2) is 23.3 Å². The highest BCUT2D eigenvalue weighted by molar-refractivity contribution is 5.87. The molecular weight excluding hydrogens is 200 g/mol. The van der Waals surface area contributed by atoms with E-state index in [9.17, 15) is 9.59 Å². The zero-order chi connectivity index (χ0) is 11.8. The molecule has 1 N–H and O–H groups in total. The summed E-state index contributed by atoms with van der Waals surface area (Å²) in [7, 11) is 0. The highest BCUT2D eigenvalue weighted by Crippen LogP contribution is 2.06. The van der Waals surface area contributed by atoms with Gasteiger partial charge in [0.1, 0.15) is 6.10 Å². The first-order valence-electron chi connectivity index (χ1n) is 4.42. The van der Waals surface area contributed by atoms with Gasteiger partial charge < -0.3 is 4.74 Å². The largest absolute Gasteiger partial charge is 0.455 e. The van der Waals surface area contributed by atoms with E-state index in [1.165, 1.54) is 13.0 Å². The van der Waals surface area contributed by atoms with Crippen molar-refractivity contribution in [1.29, 1.82) is 0 Å².